The highest BCUT2D eigenvalue weighted by Gasteiger charge is 2.14. The molecule has 0 bridgehead atoms. The minimum absolute atomic E-state index is 0.0548. The van der Waals surface area contributed by atoms with E-state index < -0.39 is 10.1 Å². The van der Waals surface area contributed by atoms with E-state index in [-0.39, 0.29) is 18.1 Å². The maximum Gasteiger partial charge on any atom is 0.297 e. The summed E-state index contributed by atoms with van der Waals surface area (Å²) in [6.07, 6.45) is 3.52. The smallest absolute Gasteiger partial charge is 0.297 e. The number of ether oxygens (including phenoxy) is 9. The van der Waals surface area contributed by atoms with Crippen molar-refractivity contribution in [3.63, 3.8) is 0 Å². The van der Waals surface area contributed by atoms with Gasteiger partial charge in [0.25, 0.3) is 10.1 Å². The molecule has 0 saturated heterocycles. The summed E-state index contributed by atoms with van der Waals surface area (Å²) >= 11 is 0. The van der Waals surface area contributed by atoms with Crippen LogP contribution in [-0.4, -0.2) is 134 Å². The largest absolute Gasteiger partial charge is 0.379 e. The molecule has 0 fully saturated rings. The van der Waals surface area contributed by atoms with Crippen LogP contribution in [0.1, 0.15) is 31.7 Å². The van der Waals surface area contributed by atoms with Crippen molar-refractivity contribution in [3.8, 4) is 0 Å². The first kappa shape index (κ1) is 39.8. The average molecular weight is 639 g/mol. The van der Waals surface area contributed by atoms with E-state index in [1.165, 1.54) is 25.0 Å². The molecule has 0 N–H and O–H groups in total. The van der Waals surface area contributed by atoms with Gasteiger partial charge >= 0.3 is 0 Å². The second-order valence-electron chi connectivity index (χ2n) is 9.31. The summed E-state index contributed by atoms with van der Waals surface area (Å²) in [7, 11) is -3.77. The second-order valence-corrected chi connectivity index (χ2v) is 10.9. The Morgan fingerprint density at radius 1 is 0.442 bits per heavy atom. The molecule has 0 aliphatic rings. The Morgan fingerprint density at radius 2 is 0.744 bits per heavy atom. The zero-order valence-electron chi connectivity index (χ0n) is 26.2. The standard InChI is InChI=1S/C30H54O12S/c1-3-4-5-10-33-11-12-34-13-14-35-15-16-36-17-18-37-19-20-38-21-22-39-23-24-40-25-26-41-27-28-42-43(31,32)30-8-6-29(2)7-9-30/h6-9H,3-5,10-28H2,1-2H3. The van der Waals surface area contributed by atoms with Crippen LogP contribution in [0.5, 0.6) is 0 Å². The molecule has 0 spiro atoms. The predicted molar refractivity (Wildman–Crippen MR) is 161 cm³/mol. The molecule has 0 unspecified atom stereocenters. The highest BCUT2D eigenvalue weighted by atomic mass is 32.2. The van der Waals surface area contributed by atoms with Gasteiger partial charge in [-0.1, -0.05) is 37.5 Å². The Kier molecular flexibility index (Phi) is 27.3. The Bertz CT molecular complexity index is 823. The maximum atomic E-state index is 12.1. The van der Waals surface area contributed by atoms with E-state index in [9.17, 15) is 8.42 Å². The molecule has 12 nitrogen and oxygen atoms in total. The predicted octanol–water partition coefficient (Wildman–Crippen LogP) is 3.04. The lowest BCUT2D eigenvalue weighted by Gasteiger charge is -2.09. The van der Waals surface area contributed by atoms with Crippen molar-refractivity contribution in [1.29, 1.82) is 0 Å². The Labute approximate surface area is 258 Å². The topological polar surface area (TPSA) is 126 Å². The summed E-state index contributed by atoms with van der Waals surface area (Å²) < 4.78 is 78.0. The summed E-state index contributed by atoms with van der Waals surface area (Å²) in [5, 5.41) is 0. The van der Waals surface area contributed by atoms with Gasteiger partial charge in [-0.3, -0.25) is 4.18 Å². The SMILES string of the molecule is CCCCCOCCOCCOCCOCCOCCOCCOCCOCCOCCOS(=O)(=O)c1ccc(C)cc1. The lowest BCUT2D eigenvalue weighted by Crippen LogP contribution is -2.15. The summed E-state index contributed by atoms with van der Waals surface area (Å²) in [5.41, 5.74) is 0.978. The van der Waals surface area contributed by atoms with Gasteiger partial charge in [0, 0.05) is 6.61 Å². The molecular weight excluding hydrogens is 584 g/mol. The van der Waals surface area contributed by atoms with Crippen molar-refractivity contribution >= 4 is 10.1 Å². The van der Waals surface area contributed by atoms with Gasteiger partial charge in [0.15, 0.2) is 0 Å². The van der Waals surface area contributed by atoms with Gasteiger partial charge < -0.3 is 42.6 Å². The third-order valence-corrected chi connectivity index (χ3v) is 6.97. The molecule has 0 atom stereocenters. The normalized spacial score (nSPS) is 11.9. The highest BCUT2D eigenvalue weighted by Crippen LogP contribution is 2.12. The van der Waals surface area contributed by atoms with E-state index in [1.807, 2.05) is 6.92 Å². The van der Waals surface area contributed by atoms with Crippen LogP contribution in [0.3, 0.4) is 0 Å². The molecule has 0 radical (unpaired) electrons. The first-order valence-corrected chi connectivity index (χ1v) is 16.6. The molecule has 0 heterocycles. The van der Waals surface area contributed by atoms with Gasteiger partial charge in [0.2, 0.25) is 0 Å². The van der Waals surface area contributed by atoms with E-state index in [0.29, 0.717) is 106 Å². The molecule has 13 heteroatoms. The van der Waals surface area contributed by atoms with Crippen molar-refractivity contribution in [2.24, 2.45) is 0 Å². The minimum atomic E-state index is -3.77. The van der Waals surface area contributed by atoms with Crippen molar-refractivity contribution in [3.05, 3.63) is 29.8 Å². The number of aryl methyl sites for hydroxylation is 1. The quantitative estimate of drug-likeness (QED) is 0.0830. The zero-order valence-corrected chi connectivity index (χ0v) is 27.0. The van der Waals surface area contributed by atoms with Gasteiger partial charge in [0.1, 0.15) is 0 Å². The highest BCUT2D eigenvalue weighted by molar-refractivity contribution is 7.86. The Morgan fingerprint density at radius 3 is 1.07 bits per heavy atom. The van der Waals surface area contributed by atoms with Gasteiger partial charge in [-0.2, -0.15) is 8.42 Å². The van der Waals surface area contributed by atoms with Crippen LogP contribution >= 0.6 is 0 Å². The van der Waals surface area contributed by atoms with E-state index in [2.05, 4.69) is 6.92 Å². The van der Waals surface area contributed by atoms with Crippen LogP contribution in [-0.2, 0) is 56.9 Å². The van der Waals surface area contributed by atoms with Gasteiger partial charge in [-0.25, -0.2) is 0 Å². The van der Waals surface area contributed by atoms with Crippen molar-refractivity contribution < 1.29 is 55.2 Å². The van der Waals surface area contributed by atoms with Crippen LogP contribution in [0.25, 0.3) is 0 Å². The molecule has 1 aromatic carbocycles. The number of unbranched alkanes of at least 4 members (excludes halogenated alkanes) is 2. The molecule has 1 rings (SSSR count). The third-order valence-electron chi connectivity index (χ3n) is 5.64. The fraction of sp³-hybridized carbons (Fsp3) is 0.800. The van der Waals surface area contributed by atoms with E-state index >= 15 is 0 Å². The Balaban J connectivity index is 1.70. The molecule has 0 aliphatic heterocycles. The van der Waals surface area contributed by atoms with Crippen molar-refractivity contribution in [2.75, 3.05) is 126 Å². The fourth-order valence-electron chi connectivity index (χ4n) is 3.29. The second kappa shape index (κ2) is 29.5. The van der Waals surface area contributed by atoms with E-state index in [4.69, 9.17) is 46.8 Å². The van der Waals surface area contributed by atoms with Crippen LogP contribution < -0.4 is 0 Å². The third kappa shape index (κ3) is 25.8. The first-order valence-electron chi connectivity index (χ1n) is 15.2. The van der Waals surface area contributed by atoms with Gasteiger partial charge in [-0.05, 0) is 25.5 Å². The number of rotatable bonds is 33. The average Bonchev–Trinajstić information content (AvgIpc) is 3.00. The van der Waals surface area contributed by atoms with Crippen LogP contribution in [0.4, 0.5) is 0 Å². The van der Waals surface area contributed by atoms with Gasteiger partial charge in [0.05, 0.1) is 124 Å². The zero-order chi connectivity index (χ0) is 31.1. The molecule has 0 amide bonds. The van der Waals surface area contributed by atoms with Crippen LogP contribution in [0.15, 0.2) is 29.2 Å². The molecule has 0 saturated carbocycles. The van der Waals surface area contributed by atoms with Crippen LogP contribution in [0, 0.1) is 6.92 Å². The van der Waals surface area contributed by atoms with Crippen molar-refractivity contribution in [2.45, 2.75) is 38.0 Å². The summed E-state index contributed by atoms with van der Waals surface area (Å²) in [5.74, 6) is 0. The molecule has 0 aliphatic carbocycles. The first-order chi connectivity index (χ1) is 21.1. The lowest BCUT2D eigenvalue weighted by atomic mass is 10.2. The number of hydrogen-bond acceptors (Lipinski definition) is 12. The molecule has 0 aromatic heterocycles. The summed E-state index contributed by atoms with van der Waals surface area (Å²) in [4.78, 5) is 0.131. The minimum Gasteiger partial charge on any atom is -0.379 e. The molecular formula is C30H54O12S. The fourth-order valence-corrected chi connectivity index (χ4v) is 4.18. The van der Waals surface area contributed by atoms with Gasteiger partial charge in [-0.15, -0.1) is 0 Å². The molecule has 1 aromatic rings. The summed E-state index contributed by atoms with van der Waals surface area (Å²) in [6, 6.07) is 6.49. The maximum absolute atomic E-state index is 12.1. The van der Waals surface area contributed by atoms with Crippen LogP contribution in [0.2, 0.25) is 0 Å². The summed E-state index contributed by atoms with van der Waals surface area (Å²) in [6.45, 7) is 12.9. The lowest BCUT2D eigenvalue weighted by molar-refractivity contribution is -0.0254. The monoisotopic (exact) mass is 638 g/mol. The van der Waals surface area contributed by atoms with Crippen molar-refractivity contribution in [1.82, 2.24) is 0 Å². The number of hydrogen-bond donors (Lipinski definition) is 0. The molecule has 43 heavy (non-hydrogen) atoms. The van der Waals surface area contributed by atoms with E-state index in [0.717, 1.165) is 18.6 Å². The number of benzene rings is 1. The Hall–Kier alpha value is -1.23. The molecule has 252 valence electrons. The van der Waals surface area contributed by atoms with E-state index in [1.54, 1.807) is 12.1 Å².